The predicted octanol–water partition coefficient (Wildman–Crippen LogP) is 5.63. The lowest BCUT2D eigenvalue weighted by molar-refractivity contribution is -0.115. The van der Waals surface area contributed by atoms with Gasteiger partial charge in [-0.1, -0.05) is 19.1 Å². The lowest BCUT2D eigenvalue weighted by Gasteiger charge is -2.41. The van der Waals surface area contributed by atoms with Crippen LogP contribution in [0.5, 0.6) is 5.75 Å². The minimum Gasteiger partial charge on any atom is -0.479 e. The molecule has 0 spiro atoms. The van der Waals surface area contributed by atoms with Gasteiger partial charge in [0.15, 0.2) is 21.3 Å². The molecule has 1 aliphatic rings. The van der Waals surface area contributed by atoms with E-state index in [1.165, 1.54) is 24.3 Å². The van der Waals surface area contributed by atoms with Crippen LogP contribution in [-0.4, -0.2) is 29.6 Å². The average molecular weight is 536 g/mol. The van der Waals surface area contributed by atoms with E-state index >= 15 is 0 Å². The van der Waals surface area contributed by atoms with Gasteiger partial charge in [-0.15, -0.1) is 0 Å². The highest BCUT2D eigenvalue weighted by molar-refractivity contribution is 7.91. The summed E-state index contributed by atoms with van der Waals surface area (Å²) in [5.74, 6) is 0.988. The maximum atomic E-state index is 13.8. The van der Waals surface area contributed by atoms with Gasteiger partial charge in [-0.3, -0.25) is 4.79 Å². The molecule has 198 valence electrons. The molecule has 0 saturated heterocycles. The molecule has 1 amide bonds. The Bertz CT molecular complexity index is 1570. The van der Waals surface area contributed by atoms with E-state index in [0.717, 1.165) is 36.2 Å². The van der Waals surface area contributed by atoms with Gasteiger partial charge in [0.2, 0.25) is 5.91 Å². The average Bonchev–Trinajstić information content (AvgIpc) is 3.25. The van der Waals surface area contributed by atoms with E-state index in [-0.39, 0.29) is 28.8 Å². The number of benzene rings is 3. The molecule has 1 fully saturated rings. The van der Waals surface area contributed by atoms with Gasteiger partial charge in [0.25, 0.3) is 0 Å². The molecule has 1 N–H and O–H groups in total. The summed E-state index contributed by atoms with van der Waals surface area (Å²) in [4.78, 5) is 17.6. The largest absolute Gasteiger partial charge is 0.479 e. The number of carbonyl (C=O) groups is 1. The molecule has 1 saturated carbocycles. The van der Waals surface area contributed by atoms with Crippen molar-refractivity contribution in [3.63, 3.8) is 0 Å². The van der Waals surface area contributed by atoms with Crippen LogP contribution >= 0.6 is 0 Å². The van der Waals surface area contributed by atoms with Crippen LogP contribution < -0.4 is 10.1 Å². The molecule has 38 heavy (non-hydrogen) atoms. The Balaban J connectivity index is 1.27. The fourth-order valence-corrected chi connectivity index (χ4v) is 5.73. The molecule has 7 nitrogen and oxygen atoms in total. The van der Waals surface area contributed by atoms with Gasteiger partial charge < -0.3 is 14.6 Å². The highest BCUT2D eigenvalue weighted by Gasteiger charge is 2.45. The van der Waals surface area contributed by atoms with Crippen molar-refractivity contribution in [2.75, 3.05) is 11.1 Å². The van der Waals surface area contributed by atoms with Gasteiger partial charge in [-0.05, 0) is 80.3 Å². The number of anilines is 1. The van der Waals surface area contributed by atoms with Crippen molar-refractivity contribution >= 4 is 32.5 Å². The lowest BCUT2D eigenvalue weighted by atomic mass is 9.79. The number of aromatic nitrogens is 2. The van der Waals surface area contributed by atoms with Gasteiger partial charge in [-0.25, -0.2) is 17.8 Å². The van der Waals surface area contributed by atoms with Gasteiger partial charge in [0, 0.05) is 18.3 Å². The molecule has 0 radical (unpaired) electrons. The summed E-state index contributed by atoms with van der Waals surface area (Å²) in [6.45, 7) is 4.34. The summed E-state index contributed by atoms with van der Waals surface area (Å²) < 4.78 is 46.3. The summed E-state index contributed by atoms with van der Waals surface area (Å²) in [5, 5.41) is 2.87. The quantitative estimate of drug-likeness (QED) is 0.300. The highest BCUT2D eigenvalue weighted by atomic mass is 32.2. The fourth-order valence-electron chi connectivity index (χ4n) is 4.84. The molecule has 1 heterocycles. The molecule has 5 rings (SSSR count). The van der Waals surface area contributed by atoms with Crippen molar-refractivity contribution in [1.29, 1.82) is 0 Å². The van der Waals surface area contributed by atoms with Crippen molar-refractivity contribution in [3.8, 4) is 5.75 Å². The molecular weight excluding hydrogens is 505 g/mol. The van der Waals surface area contributed by atoms with Crippen molar-refractivity contribution in [3.05, 3.63) is 83.9 Å². The number of halogens is 1. The van der Waals surface area contributed by atoms with E-state index in [9.17, 15) is 17.6 Å². The number of imidazole rings is 1. The number of hydrogen-bond donors (Lipinski definition) is 1. The van der Waals surface area contributed by atoms with Crippen LogP contribution in [0.1, 0.15) is 44.5 Å². The van der Waals surface area contributed by atoms with Crippen molar-refractivity contribution in [1.82, 2.24) is 9.55 Å². The molecule has 4 aromatic rings. The molecular formula is C29H30FN3O4S. The Hall–Kier alpha value is -3.72. The van der Waals surface area contributed by atoms with Crippen LogP contribution in [-0.2, 0) is 33.2 Å². The number of rotatable bonds is 9. The number of carbonyl (C=O) groups excluding carboxylic acids is 1. The number of sulfone groups is 1. The van der Waals surface area contributed by atoms with Gasteiger partial charge in [-0.2, -0.15) is 0 Å². The number of hydrogen-bond acceptors (Lipinski definition) is 5. The Morgan fingerprint density at radius 3 is 2.37 bits per heavy atom. The third-order valence-corrected chi connectivity index (χ3v) is 8.82. The third kappa shape index (κ3) is 5.03. The van der Waals surface area contributed by atoms with Crippen molar-refractivity contribution in [2.24, 2.45) is 0 Å². The van der Waals surface area contributed by atoms with E-state index in [2.05, 4.69) is 9.88 Å². The first kappa shape index (κ1) is 25.9. The highest BCUT2D eigenvalue weighted by Crippen LogP contribution is 2.45. The van der Waals surface area contributed by atoms with E-state index in [1.54, 1.807) is 37.3 Å². The summed E-state index contributed by atoms with van der Waals surface area (Å²) in [6, 6.07) is 18.3. The Morgan fingerprint density at radius 2 is 1.76 bits per heavy atom. The predicted molar refractivity (Wildman–Crippen MR) is 144 cm³/mol. The smallest absolute Gasteiger partial charge is 0.228 e. The number of amides is 1. The molecule has 1 aromatic heterocycles. The van der Waals surface area contributed by atoms with E-state index in [0.29, 0.717) is 23.5 Å². The number of aryl methyl sites for hydroxylation is 1. The van der Waals surface area contributed by atoms with Gasteiger partial charge >= 0.3 is 0 Å². The number of nitrogens with zero attached hydrogens (tertiary/aromatic N) is 2. The van der Waals surface area contributed by atoms with E-state index < -0.39 is 15.4 Å². The first-order valence-electron chi connectivity index (χ1n) is 12.8. The molecule has 0 unspecified atom stereocenters. The minimum atomic E-state index is -3.27. The van der Waals surface area contributed by atoms with Crippen LogP contribution in [0.3, 0.4) is 0 Å². The first-order valence-corrected chi connectivity index (χ1v) is 14.4. The molecule has 1 aliphatic carbocycles. The maximum absolute atomic E-state index is 13.8. The second-order valence-electron chi connectivity index (χ2n) is 9.56. The SMILES string of the molecule is CCn1c(C2(Oc3ccc(NC(=O)Cc4ccc(S(=O)(=O)CC)cc4)cc3)CCC2)nc2cc(F)ccc21. The Kier molecular flexibility index (Phi) is 6.96. The maximum Gasteiger partial charge on any atom is 0.228 e. The zero-order valence-electron chi connectivity index (χ0n) is 21.4. The minimum absolute atomic E-state index is 0.0340. The monoisotopic (exact) mass is 535 g/mol. The Morgan fingerprint density at radius 1 is 1.05 bits per heavy atom. The molecule has 0 bridgehead atoms. The third-order valence-electron chi connectivity index (χ3n) is 7.07. The number of fused-ring (bicyclic) bond motifs is 1. The summed E-state index contributed by atoms with van der Waals surface area (Å²) in [5.41, 5.74) is 2.29. The van der Waals surface area contributed by atoms with Crippen LogP contribution in [0.25, 0.3) is 11.0 Å². The second-order valence-corrected chi connectivity index (χ2v) is 11.8. The van der Waals surface area contributed by atoms with Crippen molar-refractivity contribution in [2.45, 2.75) is 56.6 Å². The zero-order chi connectivity index (χ0) is 26.9. The topological polar surface area (TPSA) is 90.3 Å². The van der Waals surface area contributed by atoms with Crippen molar-refractivity contribution < 1.29 is 22.3 Å². The fraction of sp³-hybridized carbons (Fsp3) is 0.310. The van der Waals surface area contributed by atoms with Gasteiger partial charge in [0.05, 0.1) is 28.1 Å². The van der Waals surface area contributed by atoms with Gasteiger partial charge in [0.1, 0.15) is 11.6 Å². The normalized spacial score (nSPS) is 14.7. The molecule has 0 aliphatic heterocycles. The van der Waals surface area contributed by atoms with Crippen LogP contribution in [0.15, 0.2) is 71.6 Å². The summed E-state index contributed by atoms with van der Waals surface area (Å²) in [6.07, 6.45) is 2.77. The Labute approximate surface area is 221 Å². The van der Waals surface area contributed by atoms with E-state index in [4.69, 9.17) is 9.72 Å². The zero-order valence-corrected chi connectivity index (χ0v) is 22.2. The van der Waals surface area contributed by atoms with Crippen LogP contribution in [0.2, 0.25) is 0 Å². The summed E-state index contributed by atoms with van der Waals surface area (Å²) >= 11 is 0. The summed E-state index contributed by atoms with van der Waals surface area (Å²) in [7, 11) is -3.27. The number of nitrogens with one attached hydrogen (secondary N) is 1. The van der Waals surface area contributed by atoms with Crippen LogP contribution in [0, 0.1) is 5.82 Å². The van der Waals surface area contributed by atoms with Crippen LogP contribution in [0.4, 0.5) is 10.1 Å². The second kappa shape index (κ2) is 10.2. The number of ether oxygens (including phenoxy) is 1. The first-order chi connectivity index (χ1) is 18.2. The lowest BCUT2D eigenvalue weighted by Crippen LogP contribution is -2.42. The standard InChI is InChI=1S/C29H30FN3O4S/c1-3-33-26-15-8-21(30)19-25(26)32-28(33)29(16-5-17-29)37-23-11-9-22(10-12-23)31-27(34)18-20-6-13-24(14-7-20)38(35,36)4-2/h6-15,19H,3-5,16-18H2,1-2H3,(H,31,34). The van der Waals surface area contributed by atoms with E-state index in [1.807, 2.05) is 19.1 Å². The molecule has 3 aromatic carbocycles. The molecule has 9 heteroatoms. The molecule has 0 atom stereocenters.